The van der Waals surface area contributed by atoms with Crippen LogP contribution >= 0.6 is 0 Å². The molecule has 0 saturated heterocycles. The fraction of sp³-hybridized carbons (Fsp3) is 0.531. The molecule has 3 amide bonds. The van der Waals surface area contributed by atoms with Crippen LogP contribution in [0.15, 0.2) is 36.4 Å². The molecule has 3 atom stereocenters. The van der Waals surface area contributed by atoms with Crippen molar-refractivity contribution >= 4 is 17.7 Å². The Labute approximate surface area is 247 Å². The first-order valence-corrected chi connectivity index (χ1v) is 14.8. The van der Waals surface area contributed by atoms with E-state index in [4.69, 9.17) is 0 Å². The molecule has 2 aromatic rings. The number of aryl methyl sites for hydroxylation is 1. The second-order valence-corrected chi connectivity index (χ2v) is 10.7. The molecular weight excluding hydrogens is 544 g/mol. The van der Waals surface area contributed by atoms with Crippen molar-refractivity contribution in [2.75, 3.05) is 19.6 Å². The Morgan fingerprint density at radius 1 is 0.857 bits per heavy atom. The molecule has 0 heterocycles. The molecule has 0 aliphatic rings. The van der Waals surface area contributed by atoms with Crippen molar-refractivity contribution in [1.82, 2.24) is 15.5 Å². The van der Waals surface area contributed by atoms with Gasteiger partial charge in [-0.15, -0.1) is 0 Å². The highest BCUT2D eigenvalue weighted by molar-refractivity contribution is 6.00. The molecule has 0 bridgehead atoms. The number of aliphatic hydroxyl groups is 2. The molecule has 0 radical (unpaired) electrons. The molecule has 2 aromatic carbocycles. The highest BCUT2D eigenvalue weighted by Crippen LogP contribution is 2.17. The molecule has 232 valence electrons. The first-order chi connectivity index (χ1) is 20.0. The molecule has 10 heteroatoms. The number of amides is 3. The van der Waals surface area contributed by atoms with E-state index in [0.29, 0.717) is 37.1 Å². The van der Waals surface area contributed by atoms with Crippen LogP contribution < -0.4 is 10.6 Å². The lowest BCUT2D eigenvalue weighted by Crippen LogP contribution is -2.46. The topological polar surface area (TPSA) is 119 Å². The molecule has 0 aliphatic heterocycles. The van der Waals surface area contributed by atoms with Crippen LogP contribution in [0.3, 0.4) is 0 Å². The predicted octanol–water partition coefficient (Wildman–Crippen LogP) is 4.29. The molecule has 8 nitrogen and oxygen atoms in total. The molecule has 0 aliphatic carbocycles. The van der Waals surface area contributed by atoms with Gasteiger partial charge in [-0.2, -0.15) is 0 Å². The number of hydrogen-bond donors (Lipinski definition) is 4. The Morgan fingerprint density at radius 3 is 2.07 bits per heavy atom. The average Bonchev–Trinajstić information content (AvgIpc) is 2.93. The molecule has 42 heavy (non-hydrogen) atoms. The van der Waals surface area contributed by atoms with Crippen molar-refractivity contribution in [2.45, 2.75) is 90.9 Å². The molecule has 1 unspecified atom stereocenters. The van der Waals surface area contributed by atoms with E-state index in [1.54, 1.807) is 24.0 Å². The monoisotopic (exact) mass is 589 g/mol. The quantitative estimate of drug-likeness (QED) is 0.220. The second kappa shape index (κ2) is 17.6. The number of rotatable bonds is 17. The maximum Gasteiger partial charge on any atom is 0.253 e. The zero-order valence-electron chi connectivity index (χ0n) is 25.1. The van der Waals surface area contributed by atoms with E-state index in [0.717, 1.165) is 37.5 Å². The van der Waals surface area contributed by atoms with Gasteiger partial charge in [0.05, 0.1) is 12.1 Å². The standard InChI is InChI=1S/C32H45F2N3O5/c1-5-8-9-29(39)31(41)35-11-10-28(38)27(18-22-16-25(33)20-26(34)17-22)36-30(40)23-14-21(4)15-24(19-23)32(42)37(12-6-2)13-7-3/h14-17,19-20,27-29,38-39H,5-13,18H2,1-4H3,(H,35,41)(H,36,40)/t27-,28+,29?/m0/s1. The summed E-state index contributed by atoms with van der Waals surface area (Å²) >= 11 is 0. The number of halogens is 2. The number of carbonyl (C=O) groups excluding carboxylic acids is 3. The van der Waals surface area contributed by atoms with Crippen LogP contribution in [-0.4, -0.2) is 70.7 Å². The number of nitrogens with zero attached hydrogens (tertiary/aromatic N) is 1. The zero-order chi connectivity index (χ0) is 31.2. The molecule has 0 fully saturated rings. The highest BCUT2D eigenvalue weighted by atomic mass is 19.1. The lowest BCUT2D eigenvalue weighted by atomic mass is 9.97. The van der Waals surface area contributed by atoms with Gasteiger partial charge in [-0.25, -0.2) is 8.78 Å². The van der Waals surface area contributed by atoms with Crippen LogP contribution in [-0.2, 0) is 11.2 Å². The number of unbranched alkanes of at least 4 members (excludes halogenated alkanes) is 1. The summed E-state index contributed by atoms with van der Waals surface area (Å²) in [6, 6.07) is 6.86. The van der Waals surface area contributed by atoms with Gasteiger partial charge in [-0.05, 0) is 80.5 Å². The minimum absolute atomic E-state index is 0.00946. The van der Waals surface area contributed by atoms with E-state index < -0.39 is 41.7 Å². The van der Waals surface area contributed by atoms with E-state index in [-0.39, 0.29) is 36.4 Å². The van der Waals surface area contributed by atoms with Gasteiger partial charge < -0.3 is 25.7 Å². The Bertz CT molecular complexity index is 1170. The Balaban J connectivity index is 2.24. The van der Waals surface area contributed by atoms with Crippen LogP contribution in [0.2, 0.25) is 0 Å². The number of nitrogens with one attached hydrogen (secondary N) is 2. The van der Waals surface area contributed by atoms with Crippen molar-refractivity contribution in [2.24, 2.45) is 0 Å². The smallest absolute Gasteiger partial charge is 0.253 e. The van der Waals surface area contributed by atoms with Crippen molar-refractivity contribution in [3.05, 3.63) is 70.3 Å². The van der Waals surface area contributed by atoms with Crippen molar-refractivity contribution < 1.29 is 33.4 Å². The third kappa shape index (κ3) is 11.1. The van der Waals surface area contributed by atoms with E-state index in [1.165, 1.54) is 6.07 Å². The zero-order valence-corrected chi connectivity index (χ0v) is 25.1. The molecular formula is C32H45F2N3O5. The van der Waals surface area contributed by atoms with Gasteiger partial charge in [0.2, 0.25) is 5.91 Å². The fourth-order valence-electron chi connectivity index (χ4n) is 4.78. The van der Waals surface area contributed by atoms with Crippen LogP contribution in [0.4, 0.5) is 8.78 Å². The van der Waals surface area contributed by atoms with Crippen LogP contribution in [0.5, 0.6) is 0 Å². The maximum atomic E-state index is 13.9. The van der Waals surface area contributed by atoms with Gasteiger partial charge >= 0.3 is 0 Å². The summed E-state index contributed by atoms with van der Waals surface area (Å²) in [6.45, 7) is 8.89. The SMILES string of the molecule is CCCCC(O)C(=O)NCC[C@@H](O)[C@H](Cc1cc(F)cc(F)c1)NC(=O)c1cc(C)cc(C(=O)N(CCC)CCC)c1. The summed E-state index contributed by atoms with van der Waals surface area (Å²) in [6.07, 6.45) is 0.995. The number of benzene rings is 2. The van der Waals surface area contributed by atoms with Crippen LogP contribution in [0.1, 0.15) is 91.1 Å². The van der Waals surface area contributed by atoms with E-state index in [1.807, 2.05) is 20.8 Å². The Morgan fingerprint density at radius 2 is 1.48 bits per heavy atom. The summed E-state index contributed by atoms with van der Waals surface area (Å²) in [7, 11) is 0. The van der Waals surface area contributed by atoms with E-state index >= 15 is 0 Å². The molecule has 2 rings (SSSR count). The predicted molar refractivity (Wildman–Crippen MR) is 158 cm³/mol. The first kappa shape index (κ1) is 34.8. The number of hydrogen-bond acceptors (Lipinski definition) is 5. The lowest BCUT2D eigenvalue weighted by Gasteiger charge is -2.25. The highest BCUT2D eigenvalue weighted by Gasteiger charge is 2.25. The third-order valence-electron chi connectivity index (χ3n) is 6.89. The number of aliphatic hydroxyl groups excluding tert-OH is 2. The fourth-order valence-corrected chi connectivity index (χ4v) is 4.78. The summed E-state index contributed by atoms with van der Waals surface area (Å²) < 4.78 is 27.8. The third-order valence-corrected chi connectivity index (χ3v) is 6.89. The summed E-state index contributed by atoms with van der Waals surface area (Å²) in [5, 5.41) is 26.3. The second-order valence-electron chi connectivity index (χ2n) is 10.7. The summed E-state index contributed by atoms with van der Waals surface area (Å²) in [5.74, 6) is -2.88. The van der Waals surface area contributed by atoms with Crippen LogP contribution in [0, 0.1) is 18.6 Å². The molecule has 4 N–H and O–H groups in total. The normalized spacial score (nSPS) is 13.2. The molecule has 0 spiro atoms. The van der Waals surface area contributed by atoms with Crippen molar-refractivity contribution in [3.8, 4) is 0 Å². The minimum atomic E-state index is -1.20. The van der Waals surface area contributed by atoms with Gasteiger partial charge in [0, 0.05) is 36.8 Å². The summed E-state index contributed by atoms with van der Waals surface area (Å²) in [5.41, 5.74) is 1.51. The largest absolute Gasteiger partial charge is 0.391 e. The first-order valence-electron chi connectivity index (χ1n) is 14.8. The molecule has 0 aromatic heterocycles. The van der Waals surface area contributed by atoms with E-state index in [2.05, 4.69) is 10.6 Å². The van der Waals surface area contributed by atoms with Crippen LogP contribution in [0.25, 0.3) is 0 Å². The minimum Gasteiger partial charge on any atom is -0.391 e. The van der Waals surface area contributed by atoms with Gasteiger partial charge in [0.15, 0.2) is 0 Å². The Hall–Kier alpha value is -3.37. The lowest BCUT2D eigenvalue weighted by molar-refractivity contribution is -0.129. The van der Waals surface area contributed by atoms with E-state index in [9.17, 15) is 33.4 Å². The Kier molecular flexibility index (Phi) is 14.6. The van der Waals surface area contributed by atoms with Gasteiger partial charge in [-0.3, -0.25) is 14.4 Å². The van der Waals surface area contributed by atoms with Gasteiger partial charge in [0.25, 0.3) is 11.8 Å². The van der Waals surface area contributed by atoms with Gasteiger partial charge in [0.1, 0.15) is 17.7 Å². The average molecular weight is 590 g/mol. The maximum absolute atomic E-state index is 13.9. The summed E-state index contributed by atoms with van der Waals surface area (Å²) in [4.78, 5) is 40.5. The van der Waals surface area contributed by atoms with Crippen molar-refractivity contribution in [1.29, 1.82) is 0 Å². The van der Waals surface area contributed by atoms with Crippen molar-refractivity contribution in [3.63, 3.8) is 0 Å². The van der Waals surface area contributed by atoms with Gasteiger partial charge in [-0.1, -0.05) is 33.6 Å². The molecule has 0 saturated carbocycles. The number of carbonyl (C=O) groups is 3.